The first-order chi connectivity index (χ1) is 13.4. The number of aromatic nitrogens is 2. The smallest absolute Gasteiger partial charge is 0.289 e. The Kier molecular flexibility index (Phi) is 6.24. The highest BCUT2D eigenvalue weighted by Gasteiger charge is 2.19. The molecule has 0 bridgehead atoms. The Hall–Kier alpha value is -2.54. The normalized spacial score (nSPS) is 10.9. The molecule has 28 heavy (non-hydrogen) atoms. The van der Waals surface area contributed by atoms with Crippen molar-refractivity contribution in [3.8, 4) is 5.75 Å². The summed E-state index contributed by atoms with van der Waals surface area (Å²) in [5, 5.41) is 4.45. The van der Waals surface area contributed by atoms with E-state index in [1.54, 1.807) is 24.1 Å². The number of benzene rings is 1. The van der Waals surface area contributed by atoms with Crippen LogP contribution < -0.4 is 4.74 Å². The first-order valence-corrected chi connectivity index (χ1v) is 9.92. The van der Waals surface area contributed by atoms with Gasteiger partial charge in [0.05, 0.1) is 16.7 Å². The highest BCUT2D eigenvalue weighted by molar-refractivity contribution is 9.10. The van der Waals surface area contributed by atoms with E-state index in [-0.39, 0.29) is 18.3 Å². The Morgan fingerprint density at radius 1 is 1.29 bits per heavy atom. The Labute approximate surface area is 173 Å². The van der Waals surface area contributed by atoms with Crippen LogP contribution >= 0.6 is 15.9 Å². The average molecular weight is 446 g/mol. The van der Waals surface area contributed by atoms with E-state index in [9.17, 15) is 4.79 Å². The maximum Gasteiger partial charge on any atom is 0.289 e. The molecule has 0 fully saturated rings. The van der Waals surface area contributed by atoms with Crippen molar-refractivity contribution in [2.45, 2.75) is 40.5 Å². The maximum atomic E-state index is 12.7. The van der Waals surface area contributed by atoms with Gasteiger partial charge in [0.1, 0.15) is 18.1 Å². The molecule has 148 valence electrons. The first kappa shape index (κ1) is 20.2. The van der Waals surface area contributed by atoms with Gasteiger partial charge in [-0.3, -0.25) is 9.48 Å². The number of amides is 1. The largest absolute Gasteiger partial charge is 0.485 e. The summed E-state index contributed by atoms with van der Waals surface area (Å²) in [6, 6.07) is 9.51. The second-order valence-corrected chi connectivity index (χ2v) is 7.62. The third-order valence-electron chi connectivity index (χ3n) is 4.43. The zero-order chi connectivity index (χ0) is 20.3. The standard InChI is InChI=1S/C21H24BrN3O3/c1-5-25-11-17(22)18(23-25)12-24(4)21(26)19-9-8-16(28-19)13-27-20-10-14(2)6-7-15(20)3/h6-11H,5,12-13H2,1-4H3. The number of rotatable bonds is 7. The van der Waals surface area contributed by atoms with E-state index < -0.39 is 0 Å². The van der Waals surface area contributed by atoms with Gasteiger partial charge in [-0.15, -0.1) is 0 Å². The molecular formula is C21H24BrN3O3. The highest BCUT2D eigenvalue weighted by Crippen LogP contribution is 2.22. The molecule has 0 aliphatic rings. The molecule has 0 spiro atoms. The fourth-order valence-corrected chi connectivity index (χ4v) is 3.21. The lowest BCUT2D eigenvalue weighted by Crippen LogP contribution is -2.26. The van der Waals surface area contributed by atoms with Crippen molar-refractivity contribution < 1.29 is 13.9 Å². The van der Waals surface area contributed by atoms with Crippen LogP contribution in [-0.2, 0) is 19.7 Å². The van der Waals surface area contributed by atoms with E-state index >= 15 is 0 Å². The van der Waals surface area contributed by atoms with Crippen LogP contribution in [0.25, 0.3) is 0 Å². The number of hydrogen-bond acceptors (Lipinski definition) is 4. The Morgan fingerprint density at radius 3 is 2.79 bits per heavy atom. The number of carbonyl (C=O) groups is 1. The summed E-state index contributed by atoms with van der Waals surface area (Å²) < 4.78 is 14.3. The van der Waals surface area contributed by atoms with Gasteiger partial charge >= 0.3 is 0 Å². The summed E-state index contributed by atoms with van der Waals surface area (Å²) in [6.45, 7) is 7.47. The van der Waals surface area contributed by atoms with Crippen LogP contribution in [0.3, 0.4) is 0 Å². The van der Waals surface area contributed by atoms with E-state index in [2.05, 4.69) is 21.0 Å². The molecule has 0 saturated carbocycles. The molecule has 7 heteroatoms. The van der Waals surface area contributed by atoms with E-state index in [1.807, 2.05) is 49.8 Å². The van der Waals surface area contributed by atoms with Crippen LogP contribution in [0.1, 0.15) is 40.1 Å². The number of nitrogens with zero attached hydrogens (tertiary/aromatic N) is 3. The molecule has 0 atom stereocenters. The maximum absolute atomic E-state index is 12.7. The molecule has 0 aliphatic heterocycles. The average Bonchev–Trinajstić information content (AvgIpc) is 3.28. The van der Waals surface area contributed by atoms with Crippen molar-refractivity contribution in [1.29, 1.82) is 0 Å². The molecule has 6 nitrogen and oxygen atoms in total. The number of carbonyl (C=O) groups excluding carboxylic acids is 1. The third kappa shape index (κ3) is 4.65. The van der Waals surface area contributed by atoms with Gasteiger partial charge in [0.15, 0.2) is 5.76 Å². The predicted octanol–water partition coefficient (Wildman–Crippen LogP) is 4.73. The van der Waals surface area contributed by atoms with Crippen molar-refractivity contribution in [3.05, 3.63) is 69.3 Å². The van der Waals surface area contributed by atoms with Crippen molar-refractivity contribution in [3.63, 3.8) is 0 Å². The predicted molar refractivity (Wildman–Crippen MR) is 110 cm³/mol. The lowest BCUT2D eigenvalue weighted by atomic mass is 10.1. The van der Waals surface area contributed by atoms with Crippen molar-refractivity contribution in [2.75, 3.05) is 7.05 Å². The zero-order valence-electron chi connectivity index (χ0n) is 16.5. The summed E-state index contributed by atoms with van der Waals surface area (Å²) >= 11 is 3.49. The van der Waals surface area contributed by atoms with Crippen LogP contribution in [0, 0.1) is 13.8 Å². The molecule has 0 unspecified atom stereocenters. The number of aryl methyl sites for hydroxylation is 3. The number of hydrogen-bond donors (Lipinski definition) is 0. The van der Waals surface area contributed by atoms with Crippen LogP contribution in [0.2, 0.25) is 0 Å². The molecule has 2 aromatic heterocycles. The van der Waals surface area contributed by atoms with Crippen LogP contribution in [-0.4, -0.2) is 27.6 Å². The Bertz CT molecular complexity index is 977. The highest BCUT2D eigenvalue weighted by atomic mass is 79.9. The monoisotopic (exact) mass is 445 g/mol. The minimum absolute atomic E-state index is 0.198. The van der Waals surface area contributed by atoms with Gasteiger partial charge in [0.25, 0.3) is 5.91 Å². The summed E-state index contributed by atoms with van der Waals surface area (Å²) in [6.07, 6.45) is 1.91. The van der Waals surface area contributed by atoms with Gasteiger partial charge < -0.3 is 14.1 Å². The molecule has 0 aliphatic carbocycles. The number of halogens is 1. The molecule has 2 heterocycles. The Balaban J connectivity index is 1.62. The minimum atomic E-state index is -0.198. The first-order valence-electron chi connectivity index (χ1n) is 9.13. The lowest BCUT2D eigenvalue weighted by molar-refractivity contribution is 0.0747. The van der Waals surface area contributed by atoms with E-state index in [4.69, 9.17) is 9.15 Å². The van der Waals surface area contributed by atoms with E-state index in [1.165, 1.54) is 0 Å². The molecule has 0 saturated heterocycles. The van der Waals surface area contributed by atoms with Gasteiger partial charge in [0, 0.05) is 19.8 Å². The van der Waals surface area contributed by atoms with Crippen molar-refractivity contribution in [2.24, 2.45) is 0 Å². The van der Waals surface area contributed by atoms with Gasteiger partial charge in [-0.25, -0.2) is 0 Å². The zero-order valence-corrected chi connectivity index (χ0v) is 18.1. The van der Waals surface area contributed by atoms with E-state index in [0.717, 1.165) is 33.6 Å². The molecule has 3 aromatic rings. The number of ether oxygens (including phenoxy) is 1. The van der Waals surface area contributed by atoms with E-state index in [0.29, 0.717) is 12.3 Å². The minimum Gasteiger partial charge on any atom is -0.485 e. The molecule has 0 radical (unpaired) electrons. The molecule has 3 rings (SSSR count). The van der Waals surface area contributed by atoms with Crippen molar-refractivity contribution >= 4 is 21.8 Å². The van der Waals surface area contributed by atoms with Crippen LogP contribution in [0.4, 0.5) is 0 Å². The van der Waals surface area contributed by atoms with Crippen LogP contribution in [0.5, 0.6) is 5.75 Å². The fraction of sp³-hybridized carbons (Fsp3) is 0.333. The topological polar surface area (TPSA) is 60.5 Å². The molecular weight excluding hydrogens is 422 g/mol. The molecule has 1 aromatic carbocycles. The second-order valence-electron chi connectivity index (χ2n) is 6.76. The van der Waals surface area contributed by atoms with Gasteiger partial charge in [0.2, 0.25) is 0 Å². The second kappa shape index (κ2) is 8.65. The molecule has 0 N–H and O–H groups in total. The summed E-state index contributed by atoms with van der Waals surface area (Å²) in [7, 11) is 1.73. The van der Waals surface area contributed by atoms with Gasteiger partial charge in [-0.2, -0.15) is 5.10 Å². The summed E-state index contributed by atoms with van der Waals surface area (Å²) in [5.74, 6) is 1.51. The fourth-order valence-electron chi connectivity index (χ4n) is 2.77. The van der Waals surface area contributed by atoms with Crippen molar-refractivity contribution in [1.82, 2.24) is 14.7 Å². The number of furan rings is 1. The molecule has 1 amide bonds. The summed E-state index contributed by atoms with van der Waals surface area (Å²) in [5.41, 5.74) is 3.00. The van der Waals surface area contributed by atoms with Gasteiger partial charge in [-0.1, -0.05) is 12.1 Å². The quantitative estimate of drug-likeness (QED) is 0.527. The third-order valence-corrected chi connectivity index (χ3v) is 5.09. The Morgan fingerprint density at radius 2 is 2.07 bits per heavy atom. The summed E-state index contributed by atoms with van der Waals surface area (Å²) in [4.78, 5) is 14.2. The lowest BCUT2D eigenvalue weighted by Gasteiger charge is -2.14. The van der Waals surface area contributed by atoms with Gasteiger partial charge in [-0.05, 0) is 66.0 Å². The van der Waals surface area contributed by atoms with Crippen LogP contribution in [0.15, 0.2) is 45.4 Å². The SMILES string of the molecule is CCn1cc(Br)c(CN(C)C(=O)c2ccc(COc3cc(C)ccc3C)o2)n1.